The molecule has 0 aliphatic rings. The highest BCUT2D eigenvalue weighted by molar-refractivity contribution is 5.93. The molecule has 3 rings (SSSR count). The van der Waals surface area contributed by atoms with Crippen LogP contribution >= 0.6 is 0 Å². The fourth-order valence-electron chi connectivity index (χ4n) is 2.15. The van der Waals surface area contributed by atoms with Crippen LogP contribution in [0.2, 0.25) is 0 Å². The van der Waals surface area contributed by atoms with E-state index in [1.54, 1.807) is 0 Å². The SMILES string of the molecule is O=C(Oc1ccc2cc(C(=O)O)c(=O)oc2c1)c1cc(F)c(F)cc1F. The third kappa shape index (κ3) is 3.14. The van der Waals surface area contributed by atoms with Crippen LogP contribution in [-0.2, 0) is 0 Å². The third-order valence-electron chi connectivity index (χ3n) is 3.38. The smallest absolute Gasteiger partial charge is 0.351 e. The molecule has 0 bridgehead atoms. The highest BCUT2D eigenvalue weighted by atomic mass is 19.2. The normalized spacial score (nSPS) is 10.7. The van der Waals surface area contributed by atoms with Gasteiger partial charge in [-0.3, -0.25) is 0 Å². The molecular weight excluding hydrogens is 357 g/mol. The number of carbonyl (C=O) groups is 2. The molecule has 0 saturated heterocycles. The fourth-order valence-corrected chi connectivity index (χ4v) is 2.15. The van der Waals surface area contributed by atoms with Crippen LogP contribution in [-0.4, -0.2) is 17.0 Å². The van der Waals surface area contributed by atoms with Gasteiger partial charge in [0, 0.05) is 17.5 Å². The van der Waals surface area contributed by atoms with E-state index in [0.717, 1.165) is 12.1 Å². The van der Waals surface area contributed by atoms with Gasteiger partial charge in [-0.15, -0.1) is 0 Å². The summed E-state index contributed by atoms with van der Waals surface area (Å²) in [4.78, 5) is 34.4. The van der Waals surface area contributed by atoms with E-state index >= 15 is 0 Å². The second kappa shape index (κ2) is 6.36. The maximum atomic E-state index is 13.6. The largest absolute Gasteiger partial charge is 0.477 e. The van der Waals surface area contributed by atoms with Crippen molar-refractivity contribution in [2.75, 3.05) is 0 Å². The molecule has 6 nitrogen and oxygen atoms in total. The molecule has 0 atom stereocenters. The Labute approximate surface area is 142 Å². The van der Waals surface area contributed by atoms with Crippen molar-refractivity contribution in [3.05, 3.63) is 75.4 Å². The molecule has 26 heavy (non-hydrogen) atoms. The minimum absolute atomic E-state index is 0.0870. The molecule has 0 radical (unpaired) electrons. The van der Waals surface area contributed by atoms with E-state index in [1.807, 2.05) is 0 Å². The van der Waals surface area contributed by atoms with Crippen molar-refractivity contribution in [2.24, 2.45) is 0 Å². The average Bonchev–Trinajstić information content (AvgIpc) is 2.57. The quantitative estimate of drug-likeness (QED) is 0.332. The first kappa shape index (κ1) is 17.2. The number of fused-ring (bicyclic) bond motifs is 1. The predicted octanol–water partition coefficient (Wildman–Crippen LogP) is 3.13. The maximum absolute atomic E-state index is 13.6. The van der Waals surface area contributed by atoms with Crippen LogP contribution in [0.4, 0.5) is 13.2 Å². The molecule has 1 N–H and O–H groups in total. The second-order valence-corrected chi connectivity index (χ2v) is 5.09. The number of esters is 1. The van der Waals surface area contributed by atoms with Gasteiger partial charge in [0.05, 0.1) is 5.56 Å². The van der Waals surface area contributed by atoms with Crippen molar-refractivity contribution < 1.29 is 37.0 Å². The molecule has 0 aliphatic carbocycles. The Hall–Kier alpha value is -3.62. The van der Waals surface area contributed by atoms with Crippen LogP contribution in [0.3, 0.4) is 0 Å². The summed E-state index contributed by atoms with van der Waals surface area (Å²) in [5, 5.41) is 9.11. The van der Waals surface area contributed by atoms with E-state index in [0.29, 0.717) is 6.07 Å². The lowest BCUT2D eigenvalue weighted by Crippen LogP contribution is -2.13. The van der Waals surface area contributed by atoms with Crippen molar-refractivity contribution in [2.45, 2.75) is 0 Å². The number of hydrogen-bond acceptors (Lipinski definition) is 5. The van der Waals surface area contributed by atoms with Crippen molar-refractivity contribution in [1.29, 1.82) is 0 Å². The number of aromatic carboxylic acids is 1. The Morgan fingerprint density at radius 2 is 1.62 bits per heavy atom. The number of carboxylic acid groups (broad SMARTS) is 1. The van der Waals surface area contributed by atoms with Gasteiger partial charge in [0.1, 0.15) is 22.7 Å². The topological polar surface area (TPSA) is 93.8 Å². The molecule has 0 aliphatic heterocycles. The lowest BCUT2D eigenvalue weighted by molar-refractivity contribution is 0.0690. The molecule has 0 amide bonds. The van der Waals surface area contributed by atoms with Crippen LogP contribution in [0.1, 0.15) is 20.7 Å². The van der Waals surface area contributed by atoms with E-state index in [-0.39, 0.29) is 22.8 Å². The number of halogens is 3. The van der Waals surface area contributed by atoms with Crippen LogP contribution in [0.15, 0.2) is 45.6 Å². The molecule has 0 spiro atoms. The minimum atomic E-state index is -1.47. The van der Waals surface area contributed by atoms with E-state index < -0.39 is 46.1 Å². The van der Waals surface area contributed by atoms with Gasteiger partial charge in [0.25, 0.3) is 0 Å². The molecule has 132 valence electrons. The Morgan fingerprint density at radius 3 is 2.31 bits per heavy atom. The van der Waals surface area contributed by atoms with Crippen LogP contribution in [0, 0.1) is 17.5 Å². The van der Waals surface area contributed by atoms with Crippen molar-refractivity contribution in [3.8, 4) is 5.75 Å². The number of carbonyl (C=O) groups excluding carboxylic acids is 1. The van der Waals surface area contributed by atoms with Crippen molar-refractivity contribution in [3.63, 3.8) is 0 Å². The lowest BCUT2D eigenvalue weighted by atomic mass is 10.1. The molecule has 0 saturated carbocycles. The molecule has 2 aromatic carbocycles. The summed E-state index contributed by atoms with van der Waals surface area (Å²) in [7, 11) is 0. The summed E-state index contributed by atoms with van der Waals surface area (Å²) in [6.45, 7) is 0. The van der Waals surface area contributed by atoms with Crippen LogP contribution in [0.5, 0.6) is 5.75 Å². The molecule has 9 heteroatoms. The Kier molecular flexibility index (Phi) is 4.21. The summed E-state index contributed by atoms with van der Waals surface area (Å²) in [5.74, 6) is -7.15. The summed E-state index contributed by atoms with van der Waals surface area (Å²) in [5.41, 5.74) is -2.60. The predicted molar refractivity (Wildman–Crippen MR) is 80.7 cm³/mol. The van der Waals surface area contributed by atoms with Crippen LogP contribution in [0.25, 0.3) is 11.0 Å². The van der Waals surface area contributed by atoms with Crippen molar-refractivity contribution in [1.82, 2.24) is 0 Å². The van der Waals surface area contributed by atoms with Gasteiger partial charge in [0.15, 0.2) is 11.6 Å². The summed E-state index contributed by atoms with van der Waals surface area (Å²) in [6.07, 6.45) is 0. The fraction of sp³-hybridized carbons (Fsp3) is 0. The zero-order valence-electron chi connectivity index (χ0n) is 12.6. The zero-order chi connectivity index (χ0) is 19.0. The molecule has 1 aromatic heterocycles. The summed E-state index contributed by atoms with van der Waals surface area (Å²) >= 11 is 0. The molecule has 3 aromatic rings. The highest BCUT2D eigenvalue weighted by Gasteiger charge is 2.19. The minimum Gasteiger partial charge on any atom is -0.477 e. The van der Waals surface area contributed by atoms with Gasteiger partial charge in [-0.05, 0) is 24.3 Å². The van der Waals surface area contributed by atoms with E-state index in [1.165, 1.54) is 12.1 Å². The molecular formula is C17H7F3O6. The van der Waals surface area contributed by atoms with E-state index in [2.05, 4.69) is 0 Å². The Balaban J connectivity index is 1.95. The van der Waals surface area contributed by atoms with Gasteiger partial charge >= 0.3 is 17.6 Å². The summed E-state index contributed by atoms with van der Waals surface area (Å²) in [6, 6.07) is 5.26. The summed E-state index contributed by atoms with van der Waals surface area (Å²) < 4.78 is 49.3. The second-order valence-electron chi connectivity index (χ2n) is 5.09. The van der Waals surface area contributed by atoms with E-state index in [4.69, 9.17) is 14.3 Å². The first-order valence-corrected chi connectivity index (χ1v) is 6.94. The number of hydrogen-bond donors (Lipinski definition) is 1. The van der Waals surface area contributed by atoms with Gasteiger partial charge < -0.3 is 14.3 Å². The first-order valence-electron chi connectivity index (χ1n) is 6.94. The molecule has 0 unspecified atom stereocenters. The standard InChI is InChI=1S/C17H7F3O6/c18-11-6-13(20)12(19)5-9(11)16(23)25-8-2-1-7-3-10(15(21)22)17(24)26-14(7)4-8/h1-6H,(H,21,22). The monoisotopic (exact) mass is 364 g/mol. The number of benzene rings is 2. The third-order valence-corrected chi connectivity index (χ3v) is 3.38. The molecule has 1 heterocycles. The van der Waals surface area contributed by atoms with Gasteiger partial charge in [-0.1, -0.05) is 0 Å². The Bertz CT molecular complexity index is 1120. The number of ether oxygens (including phenoxy) is 1. The number of rotatable bonds is 3. The Morgan fingerprint density at radius 1 is 0.923 bits per heavy atom. The average molecular weight is 364 g/mol. The van der Waals surface area contributed by atoms with E-state index in [9.17, 15) is 27.6 Å². The molecule has 0 fully saturated rings. The number of carboxylic acids is 1. The maximum Gasteiger partial charge on any atom is 0.351 e. The van der Waals surface area contributed by atoms with Gasteiger partial charge in [-0.25, -0.2) is 27.6 Å². The van der Waals surface area contributed by atoms with Gasteiger partial charge in [0.2, 0.25) is 0 Å². The zero-order valence-corrected chi connectivity index (χ0v) is 12.6. The highest BCUT2D eigenvalue weighted by Crippen LogP contribution is 2.22. The first-order chi connectivity index (χ1) is 12.3. The van der Waals surface area contributed by atoms with Crippen molar-refractivity contribution >= 4 is 22.9 Å². The van der Waals surface area contributed by atoms with Crippen LogP contribution < -0.4 is 10.4 Å². The lowest BCUT2D eigenvalue weighted by Gasteiger charge is -2.07. The van der Waals surface area contributed by atoms with Gasteiger partial charge in [-0.2, -0.15) is 0 Å².